The van der Waals surface area contributed by atoms with E-state index < -0.39 is 17.9 Å². The average molecular weight is 479 g/mol. The number of halogens is 2. The van der Waals surface area contributed by atoms with E-state index in [0.29, 0.717) is 0 Å². The normalized spacial score (nSPS) is 23.3. The summed E-state index contributed by atoms with van der Waals surface area (Å²) in [5.41, 5.74) is 1.78. The first-order chi connectivity index (χ1) is 12.4. The maximum atomic E-state index is 12.3. The Bertz CT molecular complexity index is 848. The fraction of sp³-hybridized carbons (Fsp3) is 0.250. The van der Waals surface area contributed by atoms with E-state index in [1.165, 1.54) is 0 Å². The maximum absolute atomic E-state index is 12.3. The third-order valence-electron chi connectivity index (χ3n) is 4.69. The monoisotopic (exact) mass is 477 g/mol. The van der Waals surface area contributed by atoms with Crippen LogP contribution in [-0.2, 0) is 4.79 Å². The molecular weight excluding hydrogens is 462 g/mol. The molecule has 0 N–H and O–H groups in total. The molecule has 1 fully saturated rings. The van der Waals surface area contributed by atoms with Crippen molar-refractivity contribution >= 4 is 43.7 Å². The van der Waals surface area contributed by atoms with E-state index in [4.69, 9.17) is 0 Å². The first-order valence-electron chi connectivity index (χ1n) is 8.28. The van der Waals surface area contributed by atoms with Crippen molar-refractivity contribution in [2.75, 3.05) is 0 Å². The minimum absolute atomic E-state index is 0.0681. The number of Topliss-reactive ketones (excluding diaryl/α,β-unsaturated/α-hetero) is 1. The number of carbonyl (C=O) groups is 1. The molecule has 0 radical (unpaired) electrons. The highest BCUT2D eigenvalue weighted by Gasteiger charge is 2.44. The SMILES string of the molecule is O=C1C[C@@H](/C=C/c2ccc(Br)cc2)[C@@H]([N+](=O)[O-])[C@H](c2cccc(Br)c2)C1. The Morgan fingerprint density at radius 1 is 1.04 bits per heavy atom. The first-order valence-corrected chi connectivity index (χ1v) is 9.87. The van der Waals surface area contributed by atoms with Crippen molar-refractivity contribution in [3.05, 3.63) is 84.8 Å². The summed E-state index contributed by atoms with van der Waals surface area (Å²) in [5, 5.41) is 11.8. The van der Waals surface area contributed by atoms with Crippen LogP contribution in [0.3, 0.4) is 0 Å². The lowest BCUT2D eigenvalue weighted by Crippen LogP contribution is -2.40. The zero-order valence-electron chi connectivity index (χ0n) is 13.8. The van der Waals surface area contributed by atoms with Crippen molar-refractivity contribution in [2.24, 2.45) is 5.92 Å². The zero-order chi connectivity index (χ0) is 18.7. The largest absolute Gasteiger partial charge is 0.300 e. The molecule has 3 atom stereocenters. The summed E-state index contributed by atoms with van der Waals surface area (Å²) in [6, 6.07) is 14.3. The van der Waals surface area contributed by atoms with Crippen molar-refractivity contribution in [3.8, 4) is 0 Å². The van der Waals surface area contributed by atoms with Gasteiger partial charge in [0.05, 0.1) is 11.8 Å². The van der Waals surface area contributed by atoms with Gasteiger partial charge in [0.2, 0.25) is 6.04 Å². The van der Waals surface area contributed by atoms with Crippen LogP contribution in [0.15, 0.2) is 63.6 Å². The fourth-order valence-electron chi connectivity index (χ4n) is 3.48. The molecule has 2 aromatic carbocycles. The number of carbonyl (C=O) groups excluding carboxylic acids is 1. The lowest BCUT2D eigenvalue weighted by molar-refractivity contribution is -0.535. The van der Waals surface area contributed by atoms with Crippen molar-refractivity contribution in [3.63, 3.8) is 0 Å². The molecule has 0 spiro atoms. The van der Waals surface area contributed by atoms with E-state index in [1.54, 1.807) is 0 Å². The summed E-state index contributed by atoms with van der Waals surface area (Å²) in [6.45, 7) is 0. The first kappa shape index (κ1) is 19.0. The van der Waals surface area contributed by atoms with Crippen LogP contribution in [0.5, 0.6) is 0 Å². The van der Waals surface area contributed by atoms with E-state index in [9.17, 15) is 14.9 Å². The Morgan fingerprint density at radius 3 is 2.42 bits per heavy atom. The number of ketones is 1. The second-order valence-electron chi connectivity index (χ2n) is 6.46. The molecule has 0 saturated heterocycles. The quantitative estimate of drug-likeness (QED) is 0.422. The van der Waals surface area contributed by atoms with Gasteiger partial charge in [0.1, 0.15) is 5.78 Å². The lowest BCUT2D eigenvalue weighted by Gasteiger charge is -2.30. The van der Waals surface area contributed by atoms with Gasteiger partial charge in [0.15, 0.2) is 0 Å². The Labute approximate surface area is 168 Å². The van der Waals surface area contributed by atoms with Crippen LogP contribution in [0.2, 0.25) is 0 Å². The average Bonchev–Trinajstić information content (AvgIpc) is 2.60. The topological polar surface area (TPSA) is 60.2 Å². The highest BCUT2D eigenvalue weighted by atomic mass is 79.9. The number of nitro groups is 1. The molecule has 134 valence electrons. The van der Waals surface area contributed by atoms with E-state index >= 15 is 0 Å². The van der Waals surface area contributed by atoms with Crippen LogP contribution in [0.4, 0.5) is 0 Å². The van der Waals surface area contributed by atoms with Crippen LogP contribution in [0.25, 0.3) is 6.08 Å². The molecule has 4 nitrogen and oxygen atoms in total. The minimum atomic E-state index is -0.811. The van der Waals surface area contributed by atoms with Crippen LogP contribution in [-0.4, -0.2) is 16.7 Å². The van der Waals surface area contributed by atoms with Gasteiger partial charge in [-0.3, -0.25) is 14.9 Å². The molecule has 0 amide bonds. The van der Waals surface area contributed by atoms with Gasteiger partial charge in [-0.15, -0.1) is 0 Å². The second-order valence-corrected chi connectivity index (χ2v) is 8.29. The number of hydrogen-bond donors (Lipinski definition) is 0. The van der Waals surface area contributed by atoms with Crippen molar-refractivity contribution < 1.29 is 9.72 Å². The number of hydrogen-bond acceptors (Lipinski definition) is 3. The Morgan fingerprint density at radius 2 is 1.77 bits per heavy atom. The van der Waals surface area contributed by atoms with Gasteiger partial charge in [-0.2, -0.15) is 0 Å². The van der Waals surface area contributed by atoms with Gasteiger partial charge in [-0.05, 0) is 35.4 Å². The molecule has 0 bridgehead atoms. The van der Waals surface area contributed by atoms with Crippen LogP contribution in [0.1, 0.15) is 29.9 Å². The van der Waals surface area contributed by atoms with Crippen molar-refractivity contribution in [1.29, 1.82) is 0 Å². The van der Waals surface area contributed by atoms with E-state index in [-0.39, 0.29) is 23.5 Å². The zero-order valence-corrected chi connectivity index (χ0v) is 17.0. The van der Waals surface area contributed by atoms with Gasteiger partial charge in [0, 0.05) is 26.7 Å². The Balaban J connectivity index is 1.91. The Kier molecular flexibility index (Phi) is 6.04. The maximum Gasteiger partial charge on any atom is 0.226 e. The van der Waals surface area contributed by atoms with E-state index in [2.05, 4.69) is 31.9 Å². The summed E-state index contributed by atoms with van der Waals surface area (Å²) < 4.78 is 1.83. The fourth-order valence-corrected chi connectivity index (χ4v) is 4.16. The summed E-state index contributed by atoms with van der Waals surface area (Å²) >= 11 is 6.80. The van der Waals surface area contributed by atoms with E-state index in [1.807, 2.05) is 60.7 Å². The molecule has 0 aliphatic heterocycles. The van der Waals surface area contributed by atoms with Gasteiger partial charge >= 0.3 is 0 Å². The molecule has 26 heavy (non-hydrogen) atoms. The molecule has 1 aliphatic carbocycles. The standard InChI is InChI=1S/C20H17Br2NO3/c21-16-8-5-13(6-9-16)4-7-15-11-18(24)12-19(20(15)23(25)26)14-2-1-3-17(22)10-14/h1-10,15,19-20H,11-12H2/b7-4+/t15-,19+,20-/m1/s1. The summed E-state index contributed by atoms with van der Waals surface area (Å²) in [6.07, 6.45) is 4.11. The third-order valence-corrected chi connectivity index (χ3v) is 5.71. The minimum Gasteiger partial charge on any atom is -0.300 e. The summed E-state index contributed by atoms with van der Waals surface area (Å²) in [4.78, 5) is 23.9. The van der Waals surface area contributed by atoms with Crippen molar-refractivity contribution in [2.45, 2.75) is 24.8 Å². The Hall–Kier alpha value is -1.79. The molecule has 6 heteroatoms. The van der Waals surface area contributed by atoms with Crippen molar-refractivity contribution in [1.82, 2.24) is 0 Å². The van der Waals surface area contributed by atoms with E-state index in [0.717, 1.165) is 20.1 Å². The molecule has 1 saturated carbocycles. The molecule has 1 aliphatic rings. The van der Waals surface area contributed by atoms with Crippen LogP contribution in [0, 0.1) is 16.0 Å². The van der Waals surface area contributed by atoms with Gasteiger partial charge in [0.25, 0.3) is 0 Å². The lowest BCUT2D eigenvalue weighted by atomic mass is 9.73. The van der Waals surface area contributed by atoms with Gasteiger partial charge in [-0.25, -0.2) is 0 Å². The highest BCUT2D eigenvalue weighted by Crippen LogP contribution is 2.38. The molecular formula is C20H17Br2NO3. The number of nitrogens with zero attached hydrogens (tertiary/aromatic N) is 1. The molecule has 2 aromatic rings. The molecule has 0 unspecified atom stereocenters. The second kappa shape index (κ2) is 8.27. The van der Waals surface area contributed by atoms with Gasteiger partial charge < -0.3 is 0 Å². The van der Waals surface area contributed by atoms with Crippen LogP contribution < -0.4 is 0 Å². The highest BCUT2D eigenvalue weighted by molar-refractivity contribution is 9.10. The number of benzene rings is 2. The smallest absolute Gasteiger partial charge is 0.226 e. The third kappa shape index (κ3) is 4.48. The number of rotatable bonds is 4. The molecule has 3 rings (SSSR count). The predicted molar refractivity (Wildman–Crippen MR) is 109 cm³/mol. The molecule has 0 aromatic heterocycles. The van der Waals surface area contributed by atoms with Crippen LogP contribution >= 0.6 is 31.9 Å². The molecule has 0 heterocycles. The van der Waals surface area contributed by atoms with Gasteiger partial charge in [-0.1, -0.05) is 68.3 Å². The summed E-state index contributed by atoms with van der Waals surface area (Å²) in [7, 11) is 0. The predicted octanol–water partition coefficient (Wildman–Crippen LogP) is 5.63. The summed E-state index contributed by atoms with van der Waals surface area (Å²) in [5.74, 6) is -0.763.